The Bertz CT molecular complexity index is 970. The lowest BCUT2D eigenvalue weighted by Gasteiger charge is -2.02. The maximum atomic E-state index is 5.45. The number of H-pyrrole nitrogens is 1. The number of nitrogens with zero attached hydrogens (tertiary/aromatic N) is 3. The van der Waals surface area contributed by atoms with Crippen molar-refractivity contribution >= 4 is 16.7 Å². The molecular weight excluding hydrogens is 292 g/mol. The van der Waals surface area contributed by atoms with E-state index in [1.54, 1.807) is 14.2 Å². The van der Waals surface area contributed by atoms with E-state index in [2.05, 4.69) is 15.0 Å². The van der Waals surface area contributed by atoms with Gasteiger partial charge in [0.05, 0.1) is 37.1 Å². The highest BCUT2D eigenvalue weighted by molar-refractivity contribution is 5.77. The fourth-order valence-corrected chi connectivity index (χ4v) is 2.79. The predicted molar refractivity (Wildman–Crippen MR) is 87.2 cm³/mol. The second-order valence-corrected chi connectivity index (χ2v) is 5.26. The van der Waals surface area contributed by atoms with Crippen molar-refractivity contribution in [3.63, 3.8) is 0 Å². The minimum Gasteiger partial charge on any atom is -0.497 e. The summed E-state index contributed by atoms with van der Waals surface area (Å²) in [6.07, 6.45) is 4.39. The molecule has 0 amide bonds. The van der Waals surface area contributed by atoms with Crippen molar-refractivity contribution in [2.24, 2.45) is 0 Å². The van der Waals surface area contributed by atoms with Crippen molar-refractivity contribution in [2.75, 3.05) is 14.2 Å². The number of rotatable bonds is 4. The van der Waals surface area contributed by atoms with Crippen LogP contribution in [0.5, 0.6) is 11.8 Å². The Morgan fingerprint density at radius 3 is 2.61 bits per heavy atom. The molecule has 0 aliphatic carbocycles. The molecule has 1 aromatic carbocycles. The van der Waals surface area contributed by atoms with Gasteiger partial charge in [0, 0.05) is 12.6 Å². The molecule has 1 N–H and O–H groups in total. The molecule has 6 heteroatoms. The highest BCUT2D eigenvalue weighted by atomic mass is 16.5. The number of methoxy groups -OCH3 is 2. The zero-order valence-electron chi connectivity index (χ0n) is 12.9. The van der Waals surface area contributed by atoms with Gasteiger partial charge in [-0.1, -0.05) is 12.1 Å². The van der Waals surface area contributed by atoms with Gasteiger partial charge in [0.1, 0.15) is 5.75 Å². The maximum absolute atomic E-state index is 5.45. The number of hydrogen-bond donors (Lipinski definition) is 1. The van der Waals surface area contributed by atoms with Gasteiger partial charge in [-0.25, -0.2) is 4.98 Å². The van der Waals surface area contributed by atoms with Gasteiger partial charge in [-0.05, 0) is 23.8 Å². The van der Waals surface area contributed by atoms with Crippen LogP contribution < -0.4 is 9.47 Å². The van der Waals surface area contributed by atoms with Gasteiger partial charge >= 0.3 is 6.01 Å². The number of ether oxygens (including phenoxy) is 2. The molecule has 4 rings (SSSR count). The van der Waals surface area contributed by atoms with Crippen molar-refractivity contribution in [3.8, 4) is 11.8 Å². The average molecular weight is 308 g/mol. The Labute approximate surface area is 132 Å². The molecule has 0 bridgehead atoms. The van der Waals surface area contributed by atoms with Crippen molar-refractivity contribution in [3.05, 3.63) is 54.0 Å². The number of aromatic amines is 1. The Morgan fingerprint density at radius 2 is 1.87 bits per heavy atom. The van der Waals surface area contributed by atoms with Gasteiger partial charge in [0.15, 0.2) is 5.65 Å². The number of hydrogen-bond acceptors (Lipinski definition) is 4. The second-order valence-electron chi connectivity index (χ2n) is 5.26. The molecule has 4 aromatic rings. The Hall–Kier alpha value is -3.02. The summed E-state index contributed by atoms with van der Waals surface area (Å²) in [7, 11) is 3.29. The third-order valence-corrected chi connectivity index (χ3v) is 3.93. The summed E-state index contributed by atoms with van der Waals surface area (Å²) in [6.45, 7) is 0. The zero-order chi connectivity index (χ0) is 15.8. The maximum Gasteiger partial charge on any atom is 0.301 e. The van der Waals surface area contributed by atoms with Gasteiger partial charge < -0.3 is 14.5 Å². The molecule has 0 aliphatic rings. The minimum absolute atomic E-state index is 0.565. The summed E-state index contributed by atoms with van der Waals surface area (Å²) in [6, 6.07) is 10.5. The molecule has 0 atom stereocenters. The molecule has 23 heavy (non-hydrogen) atoms. The van der Waals surface area contributed by atoms with E-state index >= 15 is 0 Å². The first kappa shape index (κ1) is 13.6. The molecule has 0 radical (unpaired) electrons. The number of aromatic nitrogens is 4. The third-order valence-electron chi connectivity index (χ3n) is 3.93. The number of fused-ring (bicyclic) bond motifs is 3. The molecule has 0 saturated carbocycles. The molecule has 0 unspecified atom stereocenters. The summed E-state index contributed by atoms with van der Waals surface area (Å²) in [5, 5.41) is 0. The van der Waals surface area contributed by atoms with Gasteiger partial charge in [0.2, 0.25) is 0 Å². The van der Waals surface area contributed by atoms with Crippen LogP contribution >= 0.6 is 0 Å². The van der Waals surface area contributed by atoms with E-state index in [1.807, 2.05) is 47.1 Å². The van der Waals surface area contributed by atoms with Crippen molar-refractivity contribution < 1.29 is 9.47 Å². The first-order valence-electron chi connectivity index (χ1n) is 7.30. The van der Waals surface area contributed by atoms with E-state index in [1.165, 1.54) is 0 Å². The van der Waals surface area contributed by atoms with Gasteiger partial charge in [-0.15, -0.1) is 0 Å². The Balaban J connectivity index is 1.83. The highest BCUT2D eigenvalue weighted by Gasteiger charge is 2.15. The van der Waals surface area contributed by atoms with Crippen molar-refractivity contribution in [2.45, 2.75) is 6.42 Å². The lowest BCUT2D eigenvalue weighted by atomic mass is 10.1. The normalized spacial score (nSPS) is 11.2. The van der Waals surface area contributed by atoms with Crippen LogP contribution in [-0.4, -0.2) is 33.6 Å². The second kappa shape index (κ2) is 5.31. The molecule has 116 valence electrons. The molecule has 6 nitrogen and oxygen atoms in total. The van der Waals surface area contributed by atoms with Crippen LogP contribution in [0, 0.1) is 0 Å². The number of nitrogens with one attached hydrogen (secondary N) is 1. The average Bonchev–Trinajstić information content (AvgIpc) is 3.19. The Kier molecular flexibility index (Phi) is 3.15. The van der Waals surface area contributed by atoms with Crippen LogP contribution in [-0.2, 0) is 6.42 Å². The van der Waals surface area contributed by atoms with E-state index in [0.29, 0.717) is 12.4 Å². The lowest BCUT2D eigenvalue weighted by Crippen LogP contribution is -1.93. The van der Waals surface area contributed by atoms with Gasteiger partial charge in [-0.3, -0.25) is 4.40 Å². The minimum atomic E-state index is 0.565. The van der Waals surface area contributed by atoms with E-state index in [0.717, 1.165) is 33.7 Å². The van der Waals surface area contributed by atoms with Crippen molar-refractivity contribution in [1.82, 2.24) is 19.4 Å². The summed E-state index contributed by atoms with van der Waals surface area (Å²) in [5.74, 6) is 0.844. The molecule has 0 spiro atoms. The largest absolute Gasteiger partial charge is 0.497 e. The quantitative estimate of drug-likeness (QED) is 0.629. The van der Waals surface area contributed by atoms with Crippen molar-refractivity contribution in [1.29, 1.82) is 0 Å². The molecule has 0 fully saturated rings. The molecular formula is C17H16N4O2. The topological polar surface area (TPSA) is 64.4 Å². The van der Waals surface area contributed by atoms with Gasteiger partial charge in [0.25, 0.3) is 0 Å². The smallest absolute Gasteiger partial charge is 0.301 e. The predicted octanol–water partition coefficient (Wildman–Crippen LogP) is 2.82. The summed E-state index contributed by atoms with van der Waals surface area (Å²) >= 11 is 0. The molecule has 3 heterocycles. The van der Waals surface area contributed by atoms with Gasteiger partial charge in [-0.2, -0.15) is 4.98 Å². The van der Waals surface area contributed by atoms with E-state index < -0.39 is 0 Å². The van der Waals surface area contributed by atoms with E-state index in [4.69, 9.17) is 9.47 Å². The number of benzene rings is 1. The molecule has 0 aliphatic heterocycles. The fourth-order valence-electron chi connectivity index (χ4n) is 2.79. The van der Waals surface area contributed by atoms with Crippen LogP contribution in [0.15, 0.2) is 42.7 Å². The third kappa shape index (κ3) is 2.19. The molecule has 3 aromatic heterocycles. The monoisotopic (exact) mass is 308 g/mol. The van der Waals surface area contributed by atoms with E-state index in [-0.39, 0.29) is 0 Å². The van der Waals surface area contributed by atoms with Crippen LogP contribution in [0.2, 0.25) is 0 Å². The SMILES string of the molecule is COc1ccc(Cc2nc(OC)n3c2cnc2[nH]ccc23)cc1. The fraction of sp³-hybridized carbons (Fsp3) is 0.176. The van der Waals surface area contributed by atoms with Crippen LogP contribution in [0.4, 0.5) is 0 Å². The summed E-state index contributed by atoms with van der Waals surface area (Å²) in [4.78, 5) is 12.2. The first-order chi connectivity index (χ1) is 11.3. The standard InChI is InChI=1S/C17H16N4O2/c1-22-12-5-3-11(4-6-12)9-13-15-10-19-16-14(7-8-18-16)21(15)17(20-13)23-2/h3-8,10,18H,9H2,1-2H3. The van der Waals surface area contributed by atoms with Crippen LogP contribution in [0.1, 0.15) is 11.3 Å². The summed E-state index contributed by atoms with van der Waals surface area (Å²) < 4.78 is 12.6. The van der Waals surface area contributed by atoms with E-state index in [9.17, 15) is 0 Å². The first-order valence-corrected chi connectivity index (χ1v) is 7.30. The summed E-state index contributed by atoms with van der Waals surface area (Å²) in [5.41, 5.74) is 4.80. The Morgan fingerprint density at radius 1 is 1.04 bits per heavy atom. The van der Waals surface area contributed by atoms with Crippen LogP contribution in [0.3, 0.4) is 0 Å². The highest BCUT2D eigenvalue weighted by Crippen LogP contribution is 2.25. The zero-order valence-corrected chi connectivity index (χ0v) is 12.9. The lowest BCUT2D eigenvalue weighted by molar-refractivity contribution is 0.379. The molecule has 0 saturated heterocycles. The van der Waals surface area contributed by atoms with Crippen LogP contribution in [0.25, 0.3) is 16.7 Å². The number of imidazole rings is 1.